The van der Waals surface area contributed by atoms with Gasteiger partial charge in [0.1, 0.15) is 0 Å². The summed E-state index contributed by atoms with van der Waals surface area (Å²) in [5.74, 6) is 0.939. The third kappa shape index (κ3) is 3.11. The SMILES string of the molecule is CCCC1CCN(CCCO)C1. The lowest BCUT2D eigenvalue weighted by Crippen LogP contribution is -2.22. The maximum absolute atomic E-state index is 8.67. The molecule has 1 saturated heterocycles. The summed E-state index contributed by atoms with van der Waals surface area (Å²) in [7, 11) is 0. The summed E-state index contributed by atoms with van der Waals surface area (Å²) in [6, 6.07) is 0. The Morgan fingerprint density at radius 1 is 1.50 bits per heavy atom. The molecule has 1 aliphatic heterocycles. The number of hydrogen-bond acceptors (Lipinski definition) is 2. The highest BCUT2D eigenvalue weighted by Crippen LogP contribution is 2.20. The molecule has 2 nitrogen and oxygen atoms in total. The molecule has 0 aromatic heterocycles. The summed E-state index contributed by atoms with van der Waals surface area (Å²) < 4.78 is 0. The van der Waals surface area contributed by atoms with E-state index in [1.807, 2.05) is 0 Å². The summed E-state index contributed by atoms with van der Waals surface area (Å²) >= 11 is 0. The van der Waals surface area contributed by atoms with Gasteiger partial charge in [0.2, 0.25) is 0 Å². The van der Waals surface area contributed by atoms with Gasteiger partial charge in [0, 0.05) is 19.7 Å². The van der Waals surface area contributed by atoms with Crippen molar-refractivity contribution in [3.05, 3.63) is 0 Å². The minimum absolute atomic E-state index is 0.342. The second-order valence-electron chi connectivity index (χ2n) is 3.82. The van der Waals surface area contributed by atoms with Crippen molar-refractivity contribution in [1.29, 1.82) is 0 Å². The predicted molar refractivity (Wildman–Crippen MR) is 51.2 cm³/mol. The number of nitrogens with zero attached hydrogens (tertiary/aromatic N) is 1. The maximum atomic E-state index is 8.67. The van der Waals surface area contributed by atoms with Crippen LogP contribution in [0.2, 0.25) is 0 Å². The van der Waals surface area contributed by atoms with E-state index < -0.39 is 0 Å². The maximum Gasteiger partial charge on any atom is 0.0443 e. The van der Waals surface area contributed by atoms with Crippen molar-refractivity contribution >= 4 is 0 Å². The van der Waals surface area contributed by atoms with E-state index in [0.717, 1.165) is 18.9 Å². The van der Waals surface area contributed by atoms with Gasteiger partial charge in [0.15, 0.2) is 0 Å². The fourth-order valence-corrected chi connectivity index (χ4v) is 2.05. The molecule has 0 aromatic carbocycles. The second kappa shape index (κ2) is 5.55. The van der Waals surface area contributed by atoms with Gasteiger partial charge in [-0.2, -0.15) is 0 Å². The van der Waals surface area contributed by atoms with Gasteiger partial charge in [0.05, 0.1) is 0 Å². The van der Waals surface area contributed by atoms with Crippen molar-refractivity contribution in [1.82, 2.24) is 4.90 Å². The van der Waals surface area contributed by atoms with Crippen LogP contribution in [0.3, 0.4) is 0 Å². The Kier molecular flexibility index (Phi) is 4.62. The lowest BCUT2D eigenvalue weighted by molar-refractivity contribution is 0.243. The summed E-state index contributed by atoms with van der Waals surface area (Å²) in [6.07, 6.45) is 5.02. The highest BCUT2D eigenvalue weighted by atomic mass is 16.3. The molecule has 1 unspecified atom stereocenters. The Bertz CT molecular complexity index is 116. The first-order valence-electron chi connectivity index (χ1n) is 5.20. The Balaban J connectivity index is 2.08. The van der Waals surface area contributed by atoms with Crippen LogP contribution in [0.5, 0.6) is 0 Å². The zero-order valence-corrected chi connectivity index (χ0v) is 8.13. The minimum atomic E-state index is 0.342. The zero-order valence-electron chi connectivity index (χ0n) is 8.13. The lowest BCUT2D eigenvalue weighted by Gasteiger charge is -2.14. The number of aliphatic hydroxyl groups excluding tert-OH is 1. The Hall–Kier alpha value is -0.0800. The van der Waals surface area contributed by atoms with Crippen LogP contribution < -0.4 is 0 Å². The Labute approximate surface area is 75.6 Å². The van der Waals surface area contributed by atoms with Crippen LogP contribution in [0.25, 0.3) is 0 Å². The monoisotopic (exact) mass is 171 g/mol. The standard InChI is InChI=1S/C10H21NO/c1-2-4-10-5-7-11(9-10)6-3-8-12/h10,12H,2-9H2,1H3. The van der Waals surface area contributed by atoms with Crippen LogP contribution >= 0.6 is 0 Å². The number of aliphatic hydroxyl groups is 1. The number of likely N-dealkylation sites (tertiary alicyclic amines) is 1. The Morgan fingerprint density at radius 2 is 2.33 bits per heavy atom. The van der Waals surface area contributed by atoms with Gasteiger partial charge in [-0.1, -0.05) is 13.3 Å². The summed E-state index contributed by atoms with van der Waals surface area (Å²) in [5, 5.41) is 8.67. The summed E-state index contributed by atoms with van der Waals surface area (Å²) in [4.78, 5) is 2.48. The normalized spacial score (nSPS) is 25.0. The van der Waals surface area contributed by atoms with Crippen molar-refractivity contribution < 1.29 is 5.11 Å². The zero-order chi connectivity index (χ0) is 8.81. The van der Waals surface area contributed by atoms with Gasteiger partial charge in [0.25, 0.3) is 0 Å². The largest absolute Gasteiger partial charge is 0.396 e. The van der Waals surface area contributed by atoms with E-state index in [2.05, 4.69) is 11.8 Å². The number of hydrogen-bond donors (Lipinski definition) is 1. The third-order valence-electron chi connectivity index (χ3n) is 2.70. The first kappa shape index (κ1) is 10.0. The molecule has 0 spiro atoms. The van der Waals surface area contributed by atoms with E-state index in [4.69, 9.17) is 5.11 Å². The minimum Gasteiger partial charge on any atom is -0.396 e. The van der Waals surface area contributed by atoms with Gasteiger partial charge in [-0.3, -0.25) is 0 Å². The molecule has 72 valence electrons. The molecule has 1 rings (SSSR count). The van der Waals surface area contributed by atoms with Gasteiger partial charge in [-0.05, 0) is 31.7 Å². The molecule has 1 N–H and O–H groups in total. The molecule has 0 radical (unpaired) electrons. The topological polar surface area (TPSA) is 23.5 Å². The summed E-state index contributed by atoms with van der Waals surface area (Å²) in [5.41, 5.74) is 0. The van der Waals surface area contributed by atoms with Crippen LogP contribution in [-0.4, -0.2) is 36.2 Å². The average Bonchev–Trinajstić information content (AvgIpc) is 2.50. The van der Waals surface area contributed by atoms with Gasteiger partial charge in [-0.25, -0.2) is 0 Å². The smallest absolute Gasteiger partial charge is 0.0443 e. The molecular weight excluding hydrogens is 150 g/mol. The molecule has 12 heavy (non-hydrogen) atoms. The second-order valence-corrected chi connectivity index (χ2v) is 3.82. The number of rotatable bonds is 5. The van der Waals surface area contributed by atoms with Crippen LogP contribution in [-0.2, 0) is 0 Å². The van der Waals surface area contributed by atoms with E-state index in [-0.39, 0.29) is 0 Å². The summed E-state index contributed by atoms with van der Waals surface area (Å²) in [6.45, 7) is 6.22. The highest BCUT2D eigenvalue weighted by molar-refractivity contribution is 4.74. The average molecular weight is 171 g/mol. The van der Waals surface area contributed by atoms with E-state index in [1.54, 1.807) is 0 Å². The first-order valence-corrected chi connectivity index (χ1v) is 5.20. The first-order chi connectivity index (χ1) is 5.86. The fraction of sp³-hybridized carbons (Fsp3) is 1.00. The molecule has 0 bridgehead atoms. The van der Waals surface area contributed by atoms with Crippen molar-refractivity contribution in [2.24, 2.45) is 5.92 Å². The van der Waals surface area contributed by atoms with Crippen molar-refractivity contribution in [3.63, 3.8) is 0 Å². The van der Waals surface area contributed by atoms with E-state index in [1.165, 1.54) is 32.4 Å². The van der Waals surface area contributed by atoms with Gasteiger partial charge in [-0.15, -0.1) is 0 Å². The van der Waals surface area contributed by atoms with Crippen LogP contribution in [0.15, 0.2) is 0 Å². The lowest BCUT2D eigenvalue weighted by atomic mass is 10.0. The van der Waals surface area contributed by atoms with Crippen LogP contribution in [0.1, 0.15) is 32.6 Å². The van der Waals surface area contributed by atoms with Gasteiger partial charge >= 0.3 is 0 Å². The third-order valence-corrected chi connectivity index (χ3v) is 2.70. The quantitative estimate of drug-likeness (QED) is 0.677. The molecule has 1 aliphatic rings. The van der Waals surface area contributed by atoms with Gasteiger partial charge < -0.3 is 10.0 Å². The molecule has 1 heterocycles. The molecule has 0 amide bonds. The Morgan fingerprint density at radius 3 is 3.00 bits per heavy atom. The molecule has 0 aromatic rings. The molecular formula is C10H21NO. The molecule has 1 atom stereocenters. The molecule has 2 heteroatoms. The van der Waals surface area contributed by atoms with Crippen LogP contribution in [0, 0.1) is 5.92 Å². The predicted octanol–water partition coefficient (Wildman–Crippen LogP) is 1.49. The van der Waals surface area contributed by atoms with Crippen LogP contribution in [0.4, 0.5) is 0 Å². The van der Waals surface area contributed by atoms with E-state index in [9.17, 15) is 0 Å². The van der Waals surface area contributed by atoms with Crippen molar-refractivity contribution in [2.75, 3.05) is 26.2 Å². The molecule has 1 fully saturated rings. The van der Waals surface area contributed by atoms with Crippen molar-refractivity contribution in [2.45, 2.75) is 32.6 Å². The van der Waals surface area contributed by atoms with E-state index >= 15 is 0 Å². The fourth-order valence-electron chi connectivity index (χ4n) is 2.05. The highest BCUT2D eigenvalue weighted by Gasteiger charge is 2.20. The van der Waals surface area contributed by atoms with E-state index in [0.29, 0.717) is 6.61 Å². The van der Waals surface area contributed by atoms with Crippen molar-refractivity contribution in [3.8, 4) is 0 Å². The molecule has 0 saturated carbocycles. The molecule has 0 aliphatic carbocycles.